The van der Waals surface area contributed by atoms with E-state index in [4.69, 9.17) is 10.5 Å². The average Bonchev–Trinajstić information content (AvgIpc) is 2.73. The first-order chi connectivity index (χ1) is 13.5. The maximum absolute atomic E-state index is 12.5. The van der Waals surface area contributed by atoms with E-state index < -0.39 is 5.97 Å². The van der Waals surface area contributed by atoms with E-state index in [9.17, 15) is 9.90 Å². The van der Waals surface area contributed by atoms with Gasteiger partial charge in [0.2, 0.25) is 0 Å². The summed E-state index contributed by atoms with van der Waals surface area (Å²) in [6, 6.07) is 12.3. The first-order valence-corrected chi connectivity index (χ1v) is 10.4. The molecule has 2 bridgehead atoms. The van der Waals surface area contributed by atoms with Crippen molar-refractivity contribution in [3.05, 3.63) is 59.2 Å². The maximum Gasteiger partial charge on any atom is 0.343 e. The van der Waals surface area contributed by atoms with Crippen LogP contribution in [0, 0.1) is 5.92 Å². The number of aromatic hydroxyl groups is 1. The lowest BCUT2D eigenvalue weighted by molar-refractivity contribution is 0.0734. The smallest absolute Gasteiger partial charge is 0.343 e. The topological polar surface area (TPSA) is 72.5 Å². The number of fused-ring (bicyclic) bond motifs is 4. The van der Waals surface area contributed by atoms with Crippen molar-refractivity contribution in [2.24, 2.45) is 11.7 Å². The van der Waals surface area contributed by atoms with Gasteiger partial charge in [0.05, 0.1) is 5.56 Å². The molecule has 0 unspecified atom stereocenters. The van der Waals surface area contributed by atoms with Crippen LogP contribution in [0.1, 0.15) is 66.9 Å². The Bertz CT molecular complexity index is 861. The molecular formula is C24H29NO3. The van der Waals surface area contributed by atoms with Gasteiger partial charge in [0.15, 0.2) is 0 Å². The summed E-state index contributed by atoms with van der Waals surface area (Å²) < 4.78 is 5.64. The second-order valence-corrected chi connectivity index (χ2v) is 8.62. The summed E-state index contributed by atoms with van der Waals surface area (Å²) in [5.41, 5.74) is 9.73. The van der Waals surface area contributed by atoms with E-state index in [1.54, 1.807) is 12.1 Å². The quantitative estimate of drug-likeness (QED) is 0.585. The van der Waals surface area contributed by atoms with Crippen molar-refractivity contribution in [1.82, 2.24) is 0 Å². The number of carbonyl (C=O) groups is 1. The zero-order valence-corrected chi connectivity index (χ0v) is 16.5. The highest BCUT2D eigenvalue weighted by molar-refractivity contribution is 5.91. The van der Waals surface area contributed by atoms with Crippen molar-refractivity contribution < 1.29 is 14.6 Å². The van der Waals surface area contributed by atoms with Crippen LogP contribution in [0.4, 0.5) is 0 Å². The van der Waals surface area contributed by atoms with Gasteiger partial charge in [-0.15, -0.1) is 0 Å². The maximum atomic E-state index is 12.5. The summed E-state index contributed by atoms with van der Waals surface area (Å²) in [5.74, 6) is 0.795. The molecular weight excluding hydrogens is 350 g/mol. The van der Waals surface area contributed by atoms with Gasteiger partial charge >= 0.3 is 5.97 Å². The molecule has 4 nitrogen and oxygen atoms in total. The highest BCUT2D eigenvalue weighted by Gasteiger charge is 2.43. The SMILES string of the molecule is C[C@@]12CCCCCC[C@@H](Cc3ccc(OC(=O)c4ccc(O)cc4)cc31)[C@@H]2N. The van der Waals surface area contributed by atoms with Gasteiger partial charge in [0, 0.05) is 11.5 Å². The summed E-state index contributed by atoms with van der Waals surface area (Å²) >= 11 is 0. The van der Waals surface area contributed by atoms with Crippen molar-refractivity contribution in [3.8, 4) is 11.5 Å². The van der Waals surface area contributed by atoms with Gasteiger partial charge in [0.1, 0.15) is 11.5 Å². The number of nitrogens with two attached hydrogens (primary N) is 1. The Morgan fingerprint density at radius 3 is 2.64 bits per heavy atom. The van der Waals surface area contributed by atoms with Crippen LogP contribution in [0.25, 0.3) is 0 Å². The molecule has 0 saturated heterocycles. The molecule has 1 fully saturated rings. The van der Waals surface area contributed by atoms with E-state index in [-0.39, 0.29) is 17.2 Å². The van der Waals surface area contributed by atoms with E-state index in [2.05, 4.69) is 13.0 Å². The summed E-state index contributed by atoms with van der Waals surface area (Å²) in [6.07, 6.45) is 8.31. The summed E-state index contributed by atoms with van der Waals surface area (Å²) in [4.78, 5) is 12.5. The number of benzene rings is 2. The normalized spacial score (nSPS) is 27.1. The Hall–Kier alpha value is -2.33. The molecule has 3 N–H and O–H groups in total. The number of carbonyl (C=O) groups excluding carboxylic acids is 1. The van der Waals surface area contributed by atoms with Crippen LogP contribution in [0.15, 0.2) is 42.5 Å². The van der Waals surface area contributed by atoms with Crippen LogP contribution in [0.2, 0.25) is 0 Å². The first kappa shape index (κ1) is 19.0. The molecule has 0 aromatic heterocycles. The first-order valence-electron chi connectivity index (χ1n) is 10.4. The number of ether oxygens (including phenoxy) is 1. The number of phenols is 1. The standard InChI is InChI=1S/C24H29NO3/c1-24-13-5-3-2-4-6-18(22(24)25)14-17-9-12-20(15-21(17)24)28-23(27)16-7-10-19(26)11-8-16/h7-12,15,18,22,26H,2-6,13-14,25H2,1H3/t18-,22-,24+/m0/s1. The summed E-state index contributed by atoms with van der Waals surface area (Å²) in [6.45, 7) is 2.29. The fraction of sp³-hybridized carbons (Fsp3) is 0.458. The van der Waals surface area contributed by atoms with Crippen LogP contribution in [-0.4, -0.2) is 17.1 Å². The minimum atomic E-state index is -0.419. The predicted octanol–water partition coefficient (Wildman–Crippen LogP) is 4.72. The second kappa shape index (κ2) is 7.59. The molecule has 3 atom stereocenters. The molecule has 4 rings (SSSR count). The summed E-state index contributed by atoms with van der Waals surface area (Å²) in [7, 11) is 0. The number of esters is 1. The molecule has 2 aromatic carbocycles. The van der Waals surface area contributed by atoms with E-state index in [1.165, 1.54) is 55.4 Å². The van der Waals surface area contributed by atoms with Crippen LogP contribution < -0.4 is 10.5 Å². The monoisotopic (exact) mass is 379 g/mol. The summed E-state index contributed by atoms with van der Waals surface area (Å²) in [5, 5.41) is 9.40. The van der Waals surface area contributed by atoms with E-state index >= 15 is 0 Å². The zero-order chi connectivity index (χ0) is 19.7. The largest absolute Gasteiger partial charge is 0.508 e. The highest BCUT2D eigenvalue weighted by atomic mass is 16.5. The van der Waals surface area contributed by atoms with Crippen molar-refractivity contribution in [3.63, 3.8) is 0 Å². The van der Waals surface area contributed by atoms with Crippen LogP contribution in [-0.2, 0) is 11.8 Å². The molecule has 148 valence electrons. The molecule has 0 radical (unpaired) electrons. The van der Waals surface area contributed by atoms with Crippen molar-refractivity contribution >= 4 is 5.97 Å². The average molecular weight is 380 g/mol. The minimum absolute atomic E-state index is 0.0798. The fourth-order valence-electron chi connectivity index (χ4n) is 5.04. The lowest BCUT2D eigenvalue weighted by Gasteiger charge is -2.46. The van der Waals surface area contributed by atoms with Crippen molar-refractivity contribution in [2.45, 2.75) is 63.3 Å². The molecule has 1 saturated carbocycles. The third-order valence-electron chi connectivity index (χ3n) is 6.76. The third kappa shape index (κ3) is 3.53. The van der Waals surface area contributed by atoms with Crippen molar-refractivity contribution in [1.29, 1.82) is 0 Å². The predicted molar refractivity (Wildman–Crippen MR) is 110 cm³/mol. The molecule has 0 spiro atoms. The second-order valence-electron chi connectivity index (χ2n) is 8.62. The zero-order valence-electron chi connectivity index (χ0n) is 16.5. The molecule has 0 amide bonds. The van der Waals surface area contributed by atoms with Gasteiger partial charge in [-0.25, -0.2) is 4.79 Å². The Kier molecular flexibility index (Phi) is 5.15. The van der Waals surface area contributed by atoms with Gasteiger partial charge in [-0.05, 0) is 72.7 Å². The Morgan fingerprint density at radius 2 is 1.86 bits per heavy atom. The lowest BCUT2D eigenvalue weighted by atomic mass is 9.61. The number of hydrogen-bond acceptors (Lipinski definition) is 4. The van der Waals surface area contributed by atoms with Crippen LogP contribution in [0.5, 0.6) is 11.5 Å². The van der Waals surface area contributed by atoms with Gasteiger partial charge < -0.3 is 15.6 Å². The van der Waals surface area contributed by atoms with E-state index in [0.717, 1.165) is 12.8 Å². The molecule has 0 aliphatic heterocycles. The molecule has 0 heterocycles. The van der Waals surface area contributed by atoms with Gasteiger partial charge in [-0.1, -0.05) is 38.7 Å². The van der Waals surface area contributed by atoms with Crippen molar-refractivity contribution in [2.75, 3.05) is 0 Å². The number of phenolic OH excluding ortho intramolecular Hbond substituents is 1. The molecule has 2 aromatic rings. The Morgan fingerprint density at radius 1 is 1.11 bits per heavy atom. The van der Waals surface area contributed by atoms with Gasteiger partial charge in [-0.2, -0.15) is 0 Å². The van der Waals surface area contributed by atoms with Crippen LogP contribution >= 0.6 is 0 Å². The third-order valence-corrected chi connectivity index (χ3v) is 6.76. The number of rotatable bonds is 2. The fourth-order valence-corrected chi connectivity index (χ4v) is 5.04. The Labute approximate surface area is 166 Å². The highest BCUT2D eigenvalue weighted by Crippen LogP contribution is 2.46. The molecule has 28 heavy (non-hydrogen) atoms. The van der Waals surface area contributed by atoms with Gasteiger partial charge in [0.25, 0.3) is 0 Å². The molecule has 4 heteroatoms. The van der Waals surface area contributed by atoms with Crippen LogP contribution in [0.3, 0.4) is 0 Å². The minimum Gasteiger partial charge on any atom is -0.508 e. The van der Waals surface area contributed by atoms with E-state index in [0.29, 0.717) is 17.2 Å². The Balaban J connectivity index is 1.63. The molecule has 2 aliphatic rings. The lowest BCUT2D eigenvalue weighted by Crippen LogP contribution is -2.52. The van der Waals surface area contributed by atoms with E-state index in [1.807, 2.05) is 12.1 Å². The molecule has 2 aliphatic carbocycles. The number of hydrogen-bond donors (Lipinski definition) is 2. The van der Waals surface area contributed by atoms with Gasteiger partial charge in [-0.3, -0.25) is 0 Å².